The molecule has 3 aromatic carbocycles. The summed E-state index contributed by atoms with van der Waals surface area (Å²) in [5.74, 6) is 1.65. The molecule has 0 amide bonds. The molecule has 0 N–H and O–H groups in total. The molecule has 0 saturated heterocycles. The van der Waals surface area contributed by atoms with Crippen molar-refractivity contribution in [2.24, 2.45) is 0 Å². The minimum Gasteiger partial charge on any atom is -0.497 e. The number of aryl methyl sites for hydroxylation is 1. The number of methoxy groups -OCH3 is 1. The van der Waals surface area contributed by atoms with E-state index < -0.39 is 0 Å². The zero-order valence-corrected chi connectivity index (χ0v) is 20.4. The first kappa shape index (κ1) is 22.4. The van der Waals surface area contributed by atoms with Crippen LogP contribution in [-0.2, 0) is 5.75 Å². The van der Waals surface area contributed by atoms with Gasteiger partial charge in [0.05, 0.1) is 18.2 Å². The number of fused-ring (bicyclic) bond motifs is 1. The third-order valence-electron chi connectivity index (χ3n) is 5.26. The SMILES string of the molecule is COc1ccc(Sc2cc(C)ccc2-c2ncnc3nc(SCc4ccccc4)ncc23)cc1. The highest BCUT2D eigenvalue weighted by Gasteiger charge is 2.14. The molecule has 5 nitrogen and oxygen atoms in total. The molecule has 0 atom stereocenters. The maximum atomic E-state index is 5.29. The van der Waals surface area contributed by atoms with Crippen molar-refractivity contribution in [3.63, 3.8) is 0 Å². The second-order valence-electron chi connectivity index (χ2n) is 7.66. The molecule has 0 aliphatic heterocycles. The van der Waals surface area contributed by atoms with Crippen LogP contribution in [0.25, 0.3) is 22.3 Å². The lowest BCUT2D eigenvalue weighted by atomic mass is 10.1. The maximum absolute atomic E-state index is 5.29. The van der Waals surface area contributed by atoms with E-state index >= 15 is 0 Å². The summed E-state index contributed by atoms with van der Waals surface area (Å²) in [6.07, 6.45) is 3.42. The van der Waals surface area contributed by atoms with Gasteiger partial charge in [-0.3, -0.25) is 0 Å². The van der Waals surface area contributed by atoms with Gasteiger partial charge in [-0.25, -0.2) is 19.9 Å². The van der Waals surface area contributed by atoms with Gasteiger partial charge < -0.3 is 4.74 Å². The van der Waals surface area contributed by atoms with Crippen LogP contribution in [0.1, 0.15) is 11.1 Å². The molecule has 2 aromatic heterocycles. The monoisotopic (exact) mass is 482 g/mol. The summed E-state index contributed by atoms with van der Waals surface area (Å²) < 4.78 is 5.29. The number of ether oxygens (including phenoxy) is 1. The number of hydrogen-bond acceptors (Lipinski definition) is 7. The number of nitrogens with zero attached hydrogens (tertiary/aromatic N) is 4. The van der Waals surface area contributed by atoms with Gasteiger partial charge in [0.1, 0.15) is 12.1 Å². The molecule has 0 bridgehead atoms. The molecule has 0 fully saturated rings. The summed E-state index contributed by atoms with van der Waals surface area (Å²) in [6, 6.07) is 24.8. The van der Waals surface area contributed by atoms with Gasteiger partial charge >= 0.3 is 0 Å². The number of aromatic nitrogens is 4. The number of hydrogen-bond donors (Lipinski definition) is 0. The van der Waals surface area contributed by atoms with Crippen LogP contribution in [-0.4, -0.2) is 27.0 Å². The first-order valence-corrected chi connectivity index (χ1v) is 12.6. The zero-order valence-electron chi connectivity index (χ0n) is 18.8. The average molecular weight is 483 g/mol. The van der Waals surface area contributed by atoms with Crippen LogP contribution < -0.4 is 4.74 Å². The third kappa shape index (κ3) is 5.05. The maximum Gasteiger partial charge on any atom is 0.189 e. The summed E-state index contributed by atoms with van der Waals surface area (Å²) in [6.45, 7) is 2.10. The van der Waals surface area contributed by atoms with Gasteiger partial charge in [0.15, 0.2) is 10.8 Å². The normalized spacial score (nSPS) is 11.0. The Morgan fingerprint density at radius 2 is 1.71 bits per heavy atom. The number of thioether (sulfide) groups is 1. The van der Waals surface area contributed by atoms with Gasteiger partial charge in [-0.1, -0.05) is 66.0 Å². The van der Waals surface area contributed by atoms with Crippen molar-refractivity contribution >= 4 is 34.6 Å². The summed E-state index contributed by atoms with van der Waals surface area (Å²) in [7, 11) is 1.68. The first-order chi connectivity index (χ1) is 16.7. The summed E-state index contributed by atoms with van der Waals surface area (Å²) in [5, 5.41) is 1.55. The van der Waals surface area contributed by atoms with Gasteiger partial charge in [0.2, 0.25) is 0 Å². The Morgan fingerprint density at radius 3 is 2.50 bits per heavy atom. The number of benzene rings is 3. The summed E-state index contributed by atoms with van der Waals surface area (Å²) in [4.78, 5) is 20.6. The molecule has 0 unspecified atom stereocenters. The van der Waals surface area contributed by atoms with E-state index in [9.17, 15) is 0 Å². The molecule has 34 heavy (non-hydrogen) atoms. The van der Waals surface area contributed by atoms with Crippen molar-refractivity contribution in [2.45, 2.75) is 27.6 Å². The third-order valence-corrected chi connectivity index (χ3v) is 7.26. The van der Waals surface area contributed by atoms with Crippen LogP contribution in [0, 0.1) is 6.92 Å². The quantitative estimate of drug-likeness (QED) is 0.186. The molecular weight excluding hydrogens is 460 g/mol. The van der Waals surface area contributed by atoms with E-state index in [0.717, 1.165) is 37.9 Å². The van der Waals surface area contributed by atoms with E-state index in [2.05, 4.69) is 64.3 Å². The second-order valence-corrected chi connectivity index (χ2v) is 9.72. The summed E-state index contributed by atoms with van der Waals surface area (Å²) in [5.41, 5.74) is 4.94. The highest BCUT2D eigenvalue weighted by molar-refractivity contribution is 7.99. The minimum absolute atomic E-state index is 0.650. The van der Waals surface area contributed by atoms with Crippen LogP contribution in [0.5, 0.6) is 5.75 Å². The highest BCUT2D eigenvalue weighted by atomic mass is 32.2. The fourth-order valence-electron chi connectivity index (χ4n) is 3.52. The van der Waals surface area contributed by atoms with E-state index in [1.54, 1.807) is 37.0 Å². The Kier molecular flexibility index (Phi) is 6.74. The number of rotatable bonds is 7. The van der Waals surface area contributed by atoms with Crippen LogP contribution >= 0.6 is 23.5 Å². The van der Waals surface area contributed by atoms with Crippen LogP contribution in [0.2, 0.25) is 0 Å². The van der Waals surface area contributed by atoms with Crippen LogP contribution in [0.15, 0.2) is 100 Å². The highest BCUT2D eigenvalue weighted by Crippen LogP contribution is 2.38. The Morgan fingerprint density at radius 1 is 0.882 bits per heavy atom. The van der Waals surface area contributed by atoms with Crippen molar-refractivity contribution in [3.8, 4) is 17.0 Å². The topological polar surface area (TPSA) is 60.8 Å². The lowest BCUT2D eigenvalue weighted by Gasteiger charge is -2.12. The van der Waals surface area contributed by atoms with Gasteiger partial charge in [-0.15, -0.1) is 0 Å². The van der Waals surface area contributed by atoms with Crippen molar-refractivity contribution in [3.05, 3.63) is 96.4 Å². The molecule has 0 aliphatic rings. The van der Waals surface area contributed by atoms with Crippen LogP contribution in [0.4, 0.5) is 0 Å². The lowest BCUT2D eigenvalue weighted by Crippen LogP contribution is -1.96. The minimum atomic E-state index is 0.650. The summed E-state index contributed by atoms with van der Waals surface area (Å²) >= 11 is 3.30. The molecule has 0 radical (unpaired) electrons. The standard InChI is InChI=1S/C27H22N4OS2/c1-18-8-13-22(24(14-18)34-21-11-9-20(32-2)10-12-21)25-23-15-28-27(31-26(23)30-17-29-25)33-16-19-6-4-3-5-7-19/h3-15,17H,16H2,1-2H3. The van der Waals surface area contributed by atoms with Crippen molar-refractivity contribution < 1.29 is 4.74 Å². The van der Waals surface area contributed by atoms with E-state index in [0.29, 0.717) is 10.8 Å². The van der Waals surface area contributed by atoms with Gasteiger partial charge in [-0.2, -0.15) is 0 Å². The largest absolute Gasteiger partial charge is 0.497 e. The predicted octanol–water partition coefficient (Wildman–Crippen LogP) is 6.85. The van der Waals surface area contributed by atoms with Crippen molar-refractivity contribution in [1.29, 1.82) is 0 Å². The Labute approximate surface area is 207 Å². The van der Waals surface area contributed by atoms with Crippen molar-refractivity contribution in [1.82, 2.24) is 19.9 Å². The van der Waals surface area contributed by atoms with Crippen LogP contribution in [0.3, 0.4) is 0 Å². The fourth-order valence-corrected chi connectivity index (χ4v) is 5.33. The Hall–Kier alpha value is -3.42. The second kappa shape index (κ2) is 10.2. The fraction of sp³-hybridized carbons (Fsp3) is 0.111. The van der Waals surface area contributed by atoms with Gasteiger partial charge in [-0.05, 0) is 48.4 Å². The molecule has 0 spiro atoms. The van der Waals surface area contributed by atoms with Crippen molar-refractivity contribution in [2.75, 3.05) is 7.11 Å². The molecule has 168 valence electrons. The molecule has 2 heterocycles. The molecule has 7 heteroatoms. The first-order valence-electron chi connectivity index (χ1n) is 10.8. The lowest BCUT2D eigenvalue weighted by molar-refractivity contribution is 0.414. The Bertz CT molecular complexity index is 1430. The van der Waals surface area contributed by atoms with E-state index in [1.165, 1.54) is 11.1 Å². The molecule has 5 aromatic rings. The molecule has 5 rings (SSSR count). The smallest absolute Gasteiger partial charge is 0.189 e. The van der Waals surface area contributed by atoms with E-state index in [4.69, 9.17) is 9.72 Å². The average Bonchev–Trinajstić information content (AvgIpc) is 2.88. The van der Waals surface area contributed by atoms with E-state index in [-0.39, 0.29) is 0 Å². The molecular formula is C27H22N4OS2. The molecule has 0 saturated carbocycles. The Balaban J connectivity index is 1.47. The van der Waals surface area contributed by atoms with Gasteiger partial charge in [0.25, 0.3) is 0 Å². The zero-order chi connectivity index (χ0) is 23.3. The molecule has 0 aliphatic carbocycles. The van der Waals surface area contributed by atoms with E-state index in [1.807, 2.05) is 36.5 Å². The van der Waals surface area contributed by atoms with Gasteiger partial charge in [0, 0.05) is 27.3 Å². The predicted molar refractivity (Wildman–Crippen MR) is 138 cm³/mol.